The summed E-state index contributed by atoms with van der Waals surface area (Å²) in [7, 11) is 0. The first-order valence-corrected chi connectivity index (χ1v) is 11.3. The normalized spacial score (nSPS) is 13.0. The molecule has 7 heteroatoms. The Morgan fingerprint density at radius 3 is 2.60 bits per heavy atom. The molecule has 2 aromatic carbocycles. The minimum atomic E-state index is -0.00697. The number of fused-ring (bicyclic) bond motifs is 1. The molecule has 0 atom stereocenters. The average molecular weight is 439 g/mol. The largest absolute Gasteiger partial charge is 0.355 e. The minimum Gasteiger partial charge on any atom is -0.355 e. The molecule has 0 radical (unpaired) electrons. The number of anilines is 1. The van der Waals surface area contributed by atoms with E-state index >= 15 is 0 Å². The average Bonchev–Trinajstić information content (AvgIpc) is 2.79. The summed E-state index contributed by atoms with van der Waals surface area (Å²) >= 11 is 7.28. The number of nitrogens with zero attached hydrogens (tertiary/aromatic N) is 3. The maximum Gasteiger partial charge on any atom is 0.230 e. The molecule has 5 nitrogen and oxygen atoms in total. The summed E-state index contributed by atoms with van der Waals surface area (Å²) in [6.45, 7) is 2.39. The van der Waals surface area contributed by atoms with Crippen LogP contribution in [0.4, 0.5) is 5.82 Å². The van der Waals surface area contributed by atoms with Crippen LogP contribution in [0.25, 0.3) is 0 Å². The smallest absolute Gasteiger partial charge is 0.230 e. The van der Waals surface area contributed by atoms with E-state index in [0.29, 0.717) is 12.3 Å². The highest BCUT2D eigenvalue weighted by molar-refractivity contribution is 7.99. The van der Waals surface area contributed by atoms with Crippen LogP contribution in [0.1, 0.15) is 16.7 Å². The van der Waals surface area contributed by atoms with Gasteiger partial charge in [-0.1, -0.05) is 59.8 Å². The number of hydrogen-bond donors (Lipinski definition) is 1. The van der Waals surface area contributed by atoms with Gasteiger partial charge in [-0.2, -0.15) is 0 Å². The van der Waals surface area contributed by atoms with Crippen molar-refractivity contribution in [2.24, 2.45) is 0 Å². The maximum atomic E-state index is 12.1. The summed E-state index contributed by atoms with van der Waals surface area (Å²) in [5.74, 6) is 1.19. The van der Waals surface area contributed by atoms with Gasteiger partial charge in [0.05, 0.1) is 5.75 Å². The van der Waals surface area contributed by atoms with E-state index in [9.17, 15) is 4.79 Å². The molecule has 0 unspecified atom stereocenters. The molecule has 2 heterocycles. The monoisotopic (exact) mass is 438 g/mol. The Morgan fingerprint density at radius 2 is 1.83 bits per heavy atom. The van der Waals surface area contributed by atoms with E-state index in [-0.39, 0.29) is 5.91 Å². The van der Waals surface area contributed by atoms with E-state index in [2.05, 4.69) is 44.7 Å². The Bertz CT molecular complexity index is 995. The van der Waals surface area contributed by atoms with Gasteiger partial charge < -0.3 is 10.2 Å². The quantitative estimate of drug-likeness (QED) is 0.562. The van der Waals surface area contributed by atoms with E-state index in [1.54, 1.807) is 0 Å². The first kappa shape index (κ1) is 20.7. The lowest BCUT2D eigenvalue weighted by Crippen LogP contribution is -2.31. The van der Waals surface area contributed by atoms with Crippen molar-refractivity contribution >= 4 is 35.1 Å². The topological polar surface area (TPSA) is 58.1 Å². The highest BCUT2D eigenvalue weighted by Gasteiger charge is 2.17. The zero-order chi connectivity index (χ0) is 20.8. The third-order valence-electron chi connectivity index (χ3n) is 5.08. The molecule has 30 heavy (non-hydrogen) atoms. The number of thioether (sulfide) groups is 1. The highest BCUT2D eigenvalue weighted by Crippen LogP contribution is 2.23. The van der Waals surface area contributed by atoms with Gasteiger partial charge in [0, 0.05) is 24.7 Å². The Balaban J connectivity index is 1.22. The van der Waals surface area contributed by atoms with Crippen LogP contribution in [-0.4, -0.2) is 34.9 Å². The molecule has 3 aromatic rings. The lowest BCUT2D eigenvalue weighted by Gasteiger charge is -2.29. The van der Waals surface area contributed by atoms with Gasteiger partial charge in [-0.25, -0.2) is 0 Å². The number of nitrogens with one attached hydrogen (secondary N) is 1. The first-order chi connectivity index (χ1) is 14.7. The fraction of sp³-hybridized carbons (Fsp3) is 0.261. The summed E-state index contributed by atoms with van der Waals surface area (Å²) in [5, 5.41) is 13.1. The van der Waals surface area contributed by atoms with Crippen molar-refractivity contribution in [3.63, 3.8) is 0 Å². The zero-order valence-corrected chi connectivity index (χ0v) is 18.1. The van der Waals surface area contributed by atoms with Gasteiger partial charge in [-0.15, -0.1) is 10.2 Å². The van der Waals surface area contributed by atoms with Gasteiger partial charge in [0.2, 0.25) is 5.91 Å². The minimum absolute atomic E-state index is 0.00697. The molecule has 0 saturated carbocycles. The molecule has 0 saturated heterocycles. The third kappa shape index (κ3) is 5.52. The number of rotatable bonds is 7. The van der Waals surface area contributed by atoms with E-state index in [1.807, 2.05) is 36.4 Å². The molecule has 0 spiro atoms. The molecule has 1 aliphatic heterocycles. The number of amides is 1. The van der Waals surface area contributed by atoms with Crippen LogP contribution < -0.4 is 10.2 Å². The third-order valence-corrected chi connectivity index (χ3v) is 6.25. The molecule has 1 aliphatic rings. The second-order valence-electron chi connectivity index (χ2n) is 7.19. The molecule has 0 aliphatic carbocycles. The first-order valence-electron chi connectivity index (χ1n) is 9.97. The van der Waals surface area contributed by atoms with Crippen LogP contribution in [0.2, 0.25) is 5.02 Å². The predicted octanol–water partition coefficient (Wildman–Crippen LogP) is 4.14. The molecule has 1 N–H and O–H groups in total. The van der Waals surface area contributed by atoms with Gasteiger partial charge in [0.25, 0.3) is 0 Å². The van der Waals surface area contributed by atoms with Gasteiger partial charge in [0.15, 0.2) is 5.82 Å². The fourth-order valence-corrected chi connectivity index (χ4v) is 4.21. The molecule has 154 valence electrons. The van der Waals surface area contributed by atoms with Gasteiger partial charge in [-0.3, -0.25) is 4.79 Å². The number of carbonyl (C=O) groups is 1. The van der Waals surface area contributed by atoms with Crippen LogP contribution in [-0.2, 0) is 24.2 Å². The van der Waals surface area contributed by atoms with Crippen LogP contribution in [0.5, 0.6) is 0 Å². The van der Waals surface area contributed by atoms with Crippen molar-refractivity contribution in [2.45, 2.75) is 24.4 Å². The zero-order valence-electron chi connectivity index (χ0n) is 16.6. The summed E-state index contributed by atoms with van der Waals surface area (Å²) in [6, 6.07) is 20.1. The van der Waals surface area contributed by atoms with Gasteiger partial charge >= 0.3 is 0 Å². The molecular formula is C23H23ClN4OS. The number of aromatic nitrogens is 2. The molecule has 0 bridgehead atoms. The Morgan fingerprint density at radius 1 is 1.03 bits per heavy atom. The second-order valence-corrected chi connectivity index (χ2v) is 8.62. The summed E-state index contributed by atoms with van der Waals surface area (Å²) in [6.07, 6.45) is 1.80. The molecular weight excluding hydrogens is 416 g/mol. The Kier molecular flexibility index (Phi) is 6.87. The number of carbonyl (C=O) groups excluding carboxylic acids is 1. The van der Waals surface area contributed by atoms with Crippen LogP contribution in [0, 0.1) is 0 Å². The van der Waals surface area contributed by atoms with Crippen molar-refractivity contribution in [3.8, 4) is 0 Å². The summed E-state index contributed by atoms with van der Waals surface area (Å²) in [4.78, 5) is 14.3. The van der Waals surface area contributed by atoms with Crippen LogP contribution in [0.3, 0.4) is 0 Å². The van der Waals surface area contributed by atoms with Crippen LogP contribution in [0.15, 0.2) is 65.7 Å². The predicted molar refractivity (Wildman–Crippen MR) is 122 cm³/mol. The van der Waals surface area contributed by atoms with Crippen LogP contribution >= 0.6 is 23.4 Å². The molecule has 0 fully saturated rings. The molecule has 1 amide bonds. The van der Waals surface area contributed by atoms with E-state index < -0.39 is 0 Å². The molecule has 1 aromatic heterocycles. The number of hydrogen-bond acceptors (Lipinski definition) is 5. The van der Waals surface area contributed by atoms with Gasteiger partial charge in [0.1, 0.15) is 5.03 Å². The molecule has 4 rings (SSSR count). The summed E-state index contributed by atoms with van der Waals surface area (Å²) < 4.78 is 0. The summed E-state index contributed by atoms with van der Waals surface area (Å²) in [5.41, 5.74) is 3.91. The SMILES string of the molecule is O=C(CSc1ccc(N2CCc3ccccc3C2)nn1)NCCc1ccc(Cl)cc1. The van der Waals surface area contributed by atoms with Crippen molar-refractivity contribution in [3.05, 3.63) is 82.4 Å². The lowest BCUT2D eigenvalue weighted by atomic mass is 10.00. The van der Waals surface area contributed by atoms with Crippen molar-refractivity contribution in [1.82, 2.24) is 15.5 Å². The van der Waals surface area contributed by atoms with E-state index in [0.717, 1.165) is 47.4 Å². The number of halogens is 1. The van der Waals surface area contributed by atoms with Crippen molar-refractivity contribution in [2.75, 3.05) is 23.7 Å². The Labute approximate surface area is 185 Å². The lowest BCUT2D eigenvalue weighted by molar-refractivity contribution is -0.118. The standard InChI is InChI=1S/C23H23ClN4OS/c24-20-7-5-17(6-8-20)11-13-25-22(29)16-30-23-10-9-21(26-27-23)28-14-12-18-3-1-2-4-19(18)15-28/h1-10H,11-16H2,(H,25,29). The number of benzene rings is 2. The van der Waals surface area contributed by atoms with Crippen molar-refractivity contribution in [1.29, 1.82) is 0 Å². The van der Waals surface area contributed by atoms with Gasteiger partial charge in [-0.05, 0) is 53.8 Å². The second kappa shape index (κ2) is 9.96. The van der Waals surface area contributed by atoms with E-state index in [4.69, 9.17) is 11.6 Å². The highest BCUT2D eigenvalue weighted by atomic mass is 35.5. The van der Waals surface area contributed by atoms with Crippen molar-refractivity contribution < 1.29 is 4.79 Å². The maximum absolute atomic E-state index is 12.1. The van der Waals surface area contributed by atoms with E-state index in [1.165, 1.54) is 22.9 Å². The fourth-order valence-electron chi connectivity index (χ4n) is 3.44. The Hall–Kier alpha value is -2.57.